The van der Waals surface area contributed by atoms with Crippen LogP contribution in [0.15, 0.2) is 30.3 Å². The predicted octanol–water partition coefficient (Wildman–Crippen LogP) is 3.02. The second kappa shape index (κ2) is 5.39. The lowest BCUT2D eigenvalue weighted by molar-refractivity contribution is 0.172. The summed E-state index contributed by atoms with van der Waals surface area (Å²) in [5.41, 5.74) is 2.65. The number of hydrogen-bond acceptors (Lipinski definition) is 5. The molecule has 0 amide bonds. The van der Waals surface area contributed by atoms with E-state index in [2.05, 4.69) is 9.97 Å². The van der Waals surface area contributed by atoms with E-state index in [9.17, 15) is 0 Å². The van der Waals surface area contributed by atoms with E-state index in [1.807, 2.05) is 30.3 Å². The maximum absolute atomic E-state index is 5.60. The molecule has 2 heterocycles. The van der Waals surface area contributed by atoms with Crippen molar-refractivity contribution >= 4 is 11.0 Å². The first-order valence-electron chi connectivity index (χ1n) is 7.30. The summed E-state index contributed by atoms with van der Waals surface area (Å²) in [7, 11) is 3.23. The zero-order valence-electron chi connectivity index (χ0n) is 12.9. The van der Waals surface area contributed by atoms with Crippen LogP contribution in [0.5, 0.6) is 23.0 Å². The van der Waals surface area contributed by atoms with Crippen molar-refractivity contribution in [3.63, 3.8) is 0 Å². The standard InChI is InChI=1S/C17H16N2O4/c1-20-13-4-3-10(7-14(13)21-2)17-18-11-8-15-16(9-12(11)19-17)23-6-5-22-15/h3-4,7-9H,5-6H2,1-2H3,(H,18,19). The van der Waals surface area contributed by atoms with E-state index in [0.29, 0.717) is 24.7 Å². The molecule has 0 saturated carbocycles. The van der Waals surface area contributed by atoms with Gasteiger partial charge in [0.05, 0.1) is 25.3 Å². The van der Waals surface area contributed by atoms with Crippen molar-refractivity contribution in [3.05, 3.63) is 30.3 Å². The van der Waals surface area contributed by atoms with Crippen molar-refractivity contribution in [1.82, 2.24) is 9.97 Å². The lowest BCUT2D eigenvalue weighted by Gasteiger charge is -2.17. The number of fused-ring (bicyclic) bond motifs is 2. The van der Waals surface area contributed by atoms with E-state index in [0.717, 1.165) is 33.9 Å². The van der Waals surface area contributed by atoms with Gasteiger partial charge < -0.3 is 23.9 Å². The molecular formula is C17H16N2O4. The van der Waals surface area contributed by atoms with Crippen molar-refractivity contribution in [2.75, 3.05) is 27.4 Å². The third-order valence-corrected chi connectivity index (χ3v) is 3.80. The molecule has 0 fully saturated rings. The third-order valence-electron chi connectivity index (χ3n) is 3.80. The molecule has 0 bridgehead atoms. The Morgan fingerprint density at radius 3 is 2.43 bits per heavy atom. The second-order valence-electron chi connectivity index (χ2n) is 5.17. The number of aromatic amines is 1. The minimum Gasteiger partial charge on any atom is -0.493 e. The van der Waals surface area contributed by atoms with Gasteiger partial charge in [-0.3, -0.25) is 0 Å². The van der Waals surface area contributed by atoms with E-state index in [1.54, 1.807) is 14.2 Å². The number of H-pyrrole nitrogens is 1. The Bertz CT molecular complexity index is 829. The number of benzene rings is 2. The lowest BCUT2D eigenvalue weighted by Crippen LogP contribution is -2.15. The van der Waals surface area contributed by atoms with Gasteiger partial charge >= 0.3 is 0 Å². The zero-order chi connectivity index (χ0) is 15.8. The Balaban J connectivity index is 1.80. The van der Waals surface area contributed by atoms with Gasteiger partial charge in [0.1, 0.15) is 19.0 Å². The Morgan fingerprint density at radius 1 is 0.957 bits per heavy atom. The number of methoxy groups -OCH3 is 2. The fourth-order valence-electron chi connectivity index (χ4n) is 2.67. The van der Waals surface area contributed by atoms with Crippen LogP contribution in [0.4, 0.5) is 0 Å². The van der Waals surface area contributed by atoms with Crippen LogP contribution >= 0.6 is 0 Å². The van der Waals surface area contributed by atoms with Gasteiger partial charge in [-0.25, -0.2) is 4.98 Å². The van der Waals surface area contributed by atoms with Gasteiger partial charge in [0.2, 0.25) is 0 Å². The summed E-state index contributed by atoms with van der Waals surface area (Å²) in [6.45, 7) is 1.13. The molecule has 0 radical (unpaired) electrons. The Labute approximate surface area is 133 Å². The second-order valence-corrected chi connectivity index (χ2v) is 5.17. The van der Waals surface area contributed by atoms with E-state index in [-0.39, 0.29) is 0 Å². The molecule has 3 aromatic rings. The van der Waals surface area contributed by atoms with Crippen LogP contribution in [0.2, 0.25) is 0 Å². The molecule has 4 rings (SSSR count). The predicted molar refractivity (Wildman–Crippen MR) is 85.6 cm³/mol. The van der Waals surface area contributed by atoms with E-state index < -0.39 is 0 Å². The first-order chi connectivity index (χ1) is 11.3. The highest BCUT2D eigenvalue weighted by molar-refractivity contribution is 5.83. The number of hydrogen-bond donors (Lipinski definition) is 1. The molecule has 1 aliphatic rings. The minimum absolute atomic E-state index is 0.561. The highest BCUT2D eigenvalue weighted by Gasteiger charge is 2.16. The normalized spacial score (nSPS) is 13.1. The molecule has 2 aromatic carbocycles. The third kappa shape index (κ3) is 2.32. The molecule has 1 aliphatic heterocycles. The maximum atomic E-state index is 5.60. The van der Waals surface area contributed by atoms with Crippen LogP contribution in [0.3, 0.4) is 0 Å². The number of nitrogens with zero attached hydrogens (tertiary/aromatic N) is 1. The molecule has 6 heteroatoms. The fourth-order valence-corrected chi connectivity index (χ4v) is 2.67. The molecule has 118 valence electrons. The number of rotatable bonds is 3. The van der Waals surface area contributed by atoms with Gasteiger partial charge in [0.15, 0.2) is 23.0 Å². The Kier molecular flexibility index (Phi) is 3.22. The van der Waals surface area contributed by atoms with E-state index in [4.69, 9.17) is 18.9 Å². The summed E-state index contributed by atoms with van der Waals surface area (Å²) in [4.78, 5) is 7.94. The SMILES string of the molecule is COc1ccc(-c2nc3cc4c(cc3[nH]2)OCCO4)cc1OC. The van der Waals surface area contributed by atoms with Crippen molar-refractivity contribution in [2.45, 2.75) is 0 Å². The van der Waals surface area contributed by atoms with Crippen molar-refractivity contribution in [3.8, 4) is 34.4 Å². The summed E-state index contributed by atoms with van der Waals surface area (Å²) < 4.78 is 21.8. The van der Waals surface area contributed by atoms with Gasteiger partial charge in [-0.15, -0.1) is 0 Å². The summed E-state index contributed by atoms with van der Waals surface area (Å²) in [6.07, 6.45) is 0. The van der Waals surface area contributed by atoms with Crippen LogP contribution < -0.4 is 18.9 Å². The van der Waals surface area contributed by atoms with Gasteiger partial charge in [0, 0.05) is 17.7 Å². The first-order valence-corrected chi connectivity index (χ1v) is 7.30. The molecule has 6 nitrogen and oxygen atoms in total. The van der Waals surface area contributed by atoms with Gasteiger partial charge in [-0.05, 0) is 18.2 Å². The van der Waals surface area contributed by atoms with Crippen LogP contribution in [0, 0.1) is 0 Å². The molecule has 0 unspecified atom stereocenters. The average molecular weight is 312 g/mol. The summed E-state index contributed by atoms with van der Waals surface area (Å²) in [6, 6.07) is 9.50. The molecule has 0 spiro atoms. The van der Waals surface area contributed by atoms with Crippen molar-refractivity contribution < 1.29 is 18.9 Å². The molecule has 1 aromatic heterocycles. The summed E-state index contributed by atoms with van der Waals surface area (Å²) in [5, 5.41) is 0. The molecular weight excluding hydrogens is 296 g/mol. The topological polar surface area (TPSA) is 65.6 Å². The highest BCUT2D eigenvalue weighted by Crippen LogP contribution is 2.36. The van der Waals surface area contributed by atoms with Crippen LogP contribution in [-0.2, 0) is 0 Å². The molecule has 23 heavy (non-hydrogen) atoms. The quantitative estimate of drug-likeness (QED) is 0.805. The fraction of sp³-hybridized carbons (Fsp3) is 0.235. The Hall–Kier alpha value is -2.89. The maximum Gasteiger partial charge on any atom is 0.163 e. The van der Waals surface area contributed by atoms with Gasteiger partial charge in [-0.2, -0.15) is 0 Å². The zero-order valence-corrected chi connectivity index (χ0v) is 12.9. The Morgan fingerprint density at radius 2 is 1.70 bits per heavy atom. The minimum atomic E-state index is 0.561. The van der Waals surface area contributed by atoms with Gasteiger partial charge in [0.25, 0.3) is 0 Å². The van der Waals surface area contributed by atoms with Crippen LogP contribution in [0.25, 0.3) is 22.4 Å². The highest BCUT2D eigenvalue weighted by atomic mass is 16.6. The van der Waals surface area contributed by atoms with Crippen LogP contribution in [-0.4, -0.2) is 37.4 Å². The lowest BCUT2D eigenvalue weighted by atomic mass is 10.2. The molecule has 0 atom stereocenters. The first kappa shape index (κ1) is 13.8. The number of nitrogens with one attached hydrogen (secondary N) is 1. The summed E-state index contributed by atoms with van der Waals surface area (Å²) in [5.74, 6) is 3.57. The largest absolute Gasteiger partial charge is 0.493 e. The van der Waals surface area contributed by atoms with E-state index >= 15 is 0 Å². The smallest absolute Gasteiger partial charge is 0.163 e. The molecule has 1 N–H and O–H groups in total. The average Bonchev–Trinajstić information content (AvgIpc) is 3.01. The number of ether oxygens (including phenoxy) is 4. The molecule has 0 saturated heterocycles. The van der Waals surface area contributed by atoms with Crippen molar-refractivity contribution in [2.24, 2.45) is 0 Å². The van der Waals surface area contributed by atoms with Gasteiger partial charge in [-0.1, -0.05) is 0 Å². The van der Waals surface area contributed by atoms with Crippen LogP contribution in [0.1, 0.15) is 0 Å². The van der Waals surface area contributed by atoms with E-state index in [1.165, 1.54) is 0 Å². The summed E-state index contributed by atoms with van der Waals surface area (Å²) >= 11 is 0. The monoisotopic (exact) mass is 312 g/mol. The van der Waals surface area contributed by atoms with Crippen molar-refractivity contribution in [1.29, 1.82) is 0 Å². The number of aromatic nitrogens is 2. The molecule has 0 aliphatic carbocycles. The number of imidazole rings is 1.